The third-order valence-corrected chi connectivity index (χ3v) is 1.72. The zero-order chi connectivity index (χ0) is 11.8. The maximum absolute atomic E-state index is 11.1. The number of nitrogens with zero attached hydrogens (tertiary/aromatic N) is 1. The van der Waals surface area contributed by atoms with Crippen molar-refractivity contribution in [3.8, 4) is 0 Å². The van der Waals surface area contributed by atoms with Crippen LogP contribution in [0.25, 0.3) is 0 Å². The number of esters is 1. The van der Waals surface area contributed by atoms with E-state index in [4.69, 9.17) is 10.5 Å². The molecule has 0 fully saturated rings. The first-order valence-electron chi connectivity index (χ1n) is 4.74. The molecule has 0 aliphatic rings. The molecule has 1 heterocycles. The highest BCUT2D eigenvalue weighted by molar-refractivity contribution is 5.86. The van der Waals surface area contributed by atoms with Crippen LogP contribution in [0.1, 0.15) is 5.69 Å². The van der Waals surface area contributed by atoms with Crippen molar-refractivity contribution < 1.29 is 14.3 Å². The summed E-state index contributed by atoms with van der Waals surface area (Å²) in [5.41, 5.74) is 5.70. The molecule has 0 aromatic carbocycles. The minimum Gasteiger partial charge on any atom is -0.458 e. The van der Waals surface area contributed by atoms with E-state index in [2.05, 4.69) is 10.3 Å². The Kier molecular flexibility index (Phi) is 16.2. The van der Waals surface area contributed by atoms with Gasteiger partial charge >= 0.3 is 5.97 Å². The number of rotatable bonds is 5. The molecule has 110 valence electrons. The van der Waals surface area contributed by atoms with Crippen molar-refractivity contribution in [1.29, 1.82) is 0 Å². The number of ether oxygens (including phenoxy) is 1. The van der Waals surface area contributed by atoms with Gasteiger partial charge in [-0.3, -0.25) is 14.6 Å². The smallest absolute Gasteiger partial charge is 0.325 e. The SMILES string of the molecule is Cl.Cl.Cl.NCC(=O)NCC(=O)OCc1ccccn1. The van der Waals surface area contributed by atoms with Gasteiger partial charge in [-0.15, -0.1) is 37.2 Å². The lowest BCUT2D eigenvalue weighted by Gasteiger charge is -2.04. The Morgan fingerprint density at radius 1 is 1.26 bits per heavy atom. The first-order chi connectivity index (χ1) is 7.72. The summed E-state index contributed by atoms with van der Waals surface area (Å²) in [4.78, 5) is 25.8. The normalized spacial score (nSPS) is 8.05. The van der Waals surface area contributed by atoms with E-state index in [1.165, 1.54) is 0 Å². The quantitative estimate of drug-likeness (QED) is 0.764. The Morgan fingerprint density at radius 2 is 1.95 bits per heavy atom. The molecule has 0 radical (unpaired) electrons. The summed E-state index contributed by atoms with van der Waals surface area (Å²) in [5.74, 6) is -0.915. The van der Waals surface area contributed by atoms with Crippen LogP contribution in [0.5, 0.6) is 0 Å². The minimum absolute atomic E-state index is 0. The van der Waals surface area contributed by atoms with Gasteiger partial charge in [0, 0.05) is 6.20 Å². The van der Waals surface area contributed by atoms with Crippen LogP contribution in [0.15, 0.2) is 24.4 Å². The van der Waals surface area contributed by atoms with Crippen LogP contribution in [0.2, 0.25) is 0 Å². The molecule has 1 rings (SSSR count). The highest BCUT2D eigenvalue weighted by Gasteiger charge is 2.05. The van der Waals surface area contributed by atoms with Crippen LogP contribution in [-0.4, -0.2) is 29.9 Å². The average Bonchev–Trinajstić information content (AvgIpc) is 2.34. The van der Waals surface area contributed by atoms with E-state index < -0.39 is 11.9 Å². The Labute approximate surface area is 129 Å². The fraction of sp³-hybridized carbons (Fsp3) is 0.300. The molecule has 0 atom stereocenters. The van der Waals surface area contributed by atoms with Gasteiger partial charge in [0.25, 0.3) is 0 Å². The van der Waals surface area contributed by atoms with Crippen molar-refractivity contribution in [2.75, 3.05) is 13.1 Å². The molecule has 0 spiro atoms. The molecule has 0 saturated carbocycles. The Balaban J connectivity index is -0.000000853. The summed E-state index contributed by atoms with van der Waals surface area (Å²) in [6, 6.07) is 5.31. The number of amides is 1. The van der Waals surface area contributed by atoms with Crippen molar-refractivity contribution in [3.05, 3.63) is 30.1 Å². The number of aromatic nitrogens is 1. The van der Waals surface area contributed by atoms with Crippen molar-refractivity contribution in [2.45, 2.75) is 6.61 Å². The van der Waals surface area contributed by atoms with Gasteiger partial charge in [-0.25, -0.2) is 0 Å². The number of halogens is 3. The van der Waals surface area contributed by atoms with E-state index in [0.29, 0.717) is 5.69 Å². The van der Waals surface area contributed by atoms with Crippen molar-refractivity contribution in [2.24, 2.45) is 5.73 Å². The predicted molar refractivity (Wildman–Crippen MR) is 77.8 cm³/mol. The molecule has 0 saturated heterocycles. The lowest BCUT2D eigenvalue weighted by Crippen LogP contribution is -2.35. The molecule has 1 aromatic heterocycles. The molecular weight excluding hydrogens is 316 g/mol. The summed E-state index contributed by atoms with van der Waals surface area (Å²) < 4.78 is 4.87. The van der Waals surface area contributed by atoms with Crippen molar-refractivity contribution in [3.63, 3.8) is 0 Å². The number of nitrogens with two attached hydrogens (primary N) is 1. The molecule has 0 aliphatic carbocycles. The van der Waals surface area contributed by atoms with E-state index in [9.17, 15) is 9.59 Å². The number of nitrogens with one attached hydrogen (secondary N) is 1. The maximum atomic E-state index is 11.1. The van der Waals surface area contributed by atoms with Crippen molar-refractivity contribution >= 4 is 49.1 Å². The second-order valence-corrected chi connectivity index (χ2v) is 2.96. The Bertz CT molecular complexity index is 366. The number of carbonyl (C=O) groups is 2. The summed E-state index contributed by atoms with van der Waals surface area (Å²) in [5, 5.41) is 2.31. The van der Waals surface area contributed by atoms with Gasteiger partial charge in [-0.05, 0) is 12.1 Å². The van der Waals surface area contributed by atoms with E-state index in [0.717, 1.165) is 0 Å². The van der Waals surface area contributed by atoms with E-state index >= 15 is 0 Å². The molecule has 3 N–H and O–H groups in total. The summed E-state index contributed by atoms with van der Waals surface area (Å²) in [6.07, 6.45) is 1.61. The van der Waals surface area contributed by atoms with Gasteiger partial charge < -0.3 is 15.8 Å². The molecular formula is C10H16Cl3N3O3. The molecule has 19 heavy (non-hydrogen) atoms. The molecule has 9 heteroatoms. The van der Waals surface area contributed by atoms with Gasteiger partial charge in [0.1, 0.15) is 13.2 Å². The lowest BCUT2D eigenvalue weighted by molar-refractivity contribution is -0.145. The standard InChI is InChI=1S/C10H13N3O3.3ClH/c11-5-9(14)13-6-10(15)16-7-8-3-1-2-4-12-8;;;/h1-4H,5-7,11H2,(H,13,14);3*1H. The lowest BCUT2D eigenvalue weighted by atomic mass is 10.4. The molecule has 0 unspecified atom stereocenters. The predicted octanol–water partition coefficient (Wildman–Crippen LogP) is 0.465. The van der Waals surface area contributed by atoms with E-state index in [1.54, 1.807) is 24.4 Å². The van der Waals surface area contributed by atoms with Crippen LogP contribution < -0.4 is 11.1 Å². The highest BCUT2D eigenvalue weighted by atomic mass is 35.5. The molecule has 0 aliphatic heterocycles. The maximum Gasteiger partial charge on any atom is 0.325 e. The van der Waals surface area contributed by atoms with Crippen molar-refractivity contribution in [1.82, 2.24) is 10.3 Å². The monoisotopic (exact) mass is 331 g/mol. The molecule has 1 aromatic rings. The van der Waals surface area contributed by atoms with Crippen LogP contribution in [0.4, 0.5) is 0 Å². The van der Waals surface area contributed by atoms with E-state index in [1.807, 2.05) is 0 Å². The molecule has 1 amide bonds. The molecule has 6 nitrogen and oxygen atoms in total. The van der Waals surface area contributed by atoms with Gasteiger partial charge in [0.15, 0.2) is 0 Å². The molecule has 0 bridgehead atoms. The zero-order valence-electron chi connectivity index (χ0n) is 9.90. The first kappa shape index (κ1) is 23.0. The van der Waals surface area contributed by atoms with Crippen LogP contribution in [0, 0.1) is 0 Å². The van der Waals surface area contributed by atoms with Gasteiger partial charge in [-0.1, -0.05) is 6.07 Å². The fourth-order valence-corrected chi connectivity index (χ4v) is 0.932. The summed E-state index contributed by atoms with van der Waals surface area (Å²) >= 11 is 0. The summed E-state index contributed by atoms with van der Waals surface area (Å²) in [6.45, 7) is -0.228. The number of pyridine rings is 1. The first-order valence-corrected chi connectivity index (χ1v) is 4.74. The van der Waals surface area contributed by atoms with Crippen LogP contribution in [0.3, 0.4) is 0 Å². The van der Waals surface area contributed by atoms with Gasteiger partial charge in [0.05, 0.1) is 12.2 Å². The second kappa shape index (κ2) is 13.4. The Morgan fingerprint density at radius 3 is 2.47 bits per heavy atom. The fourth-order valence-electron chi connectivity index (χ4n) is 0.932. The van der Waals surface area contributed by atoms with Gasteiger partial charge in [0.2, 0.25) is 5.91 Å². The average molecular weight is 333 g/mol. The Hall–Kier alpha value is -1.08. The van der Waals surface area contributed by atoms with Crippen LogP contribution >= 0.6 is 37.2 Å². The van der Waals surface area contributed by atoms with E-state index in [-0.39, 0.29) is 56.9 Å². The minimum atomic E-state index is -0.521. The largest absolute Gasteiger partial charge is 0.458 e. The second-order valence-electron chi connectivity index (χ2n) is 2.96. The third-order valence-electron chi connectivity index (χ3n) is 1.72. The highest BCUT2D eigenvalue weighted by Crippen LogP contribution is 1.95. The van der Waals surface area contributed by atoms with Crippen LogP contribution in [-0.2, 0) is 20.9 Å². The number of hydrogen-bond donors (Lipinski definition) is 2. The summed E-state index contributed by atoms with van der Waals surface area (Å²) in [7, 11) is 0. The third kappa shape index (κ3) is 10.5. The zero-order valence-corrected chi connectivity index (χ0v) is 12.4. The topological polar surface area (TPSA) is 94.3 Å². The van der Waals surface area contributed by atoms with Gasteiger partial charge in [-0.2, -0.15) is 0 Å². The number of hydrogen-bond acceptors (Lipinski definition) is 5. The number of carbonyl (C=O) groups excluding carboxylic acids is 2.